The third kappa shape index (κ3) is 4.58. The lowest BCUT2D eigenvalue weighted by atomic mass is 9.62. The molecule has 1 aromatic rings. The number of nitrogens with zero attached hydrogens (tertiary/aromatic N) is 2. The Kier molecular flexibility index (Phi) is 7.23. The van der Waals surface area contributed by atoms with Crippen molar-refractivity contribution >= 4 is 40.3 Å². The van der Waals surface area contributed by atoms with Crippen molar-refractivity contribution in [2.45, 2.75) is 106 Å². The lowest BCUT2D eigenvalue weighted by Gasteiger charge is -2.52. The van der Waals surface area contributed by atoms with Crippen LogP contribution in [0, 0.1) is 10.8 Å². The van der Waals surface area contributed by atoms with Gasteiger partial charge in [0.15, 0.2) is 5.78 Å². The number of piperidine rings is 1. The number of benzene rings is 1. The minimum absolute atomic E-state index is 0.0169. The number of allylic oxidation sites excluding steroid dienone is 5. The molecule has 266 valence electrons. The number of amides is 2. The Morgan fingerprint density at radius 1 is 0.620 bits per heavy atom. The zero-order valence-corrected chi connectivity index (χ0v) is 31.1. The van der Waals surface area contributed by atoms with Gasteiger partial charge < -0.3 is 30.6 Å². The molecule has 2 aliphatic carbocycles. The zero-order valence-electron chi connectivity index (χ0n) is 31.1. The fraction of sp³-hybridized carbons (Fsp3) is 0.550. The summed E-state index contributed by atoms with van der Waals surface area (Å²) in [6.07, 6.45) is 3.06. The molecule has 4 aliphatic heterocycles. The molecule has 1 saturated heterocycles. The molecule has 10 heteroatoms. The topological polar surface area (TPSA) is 139 Å². The molecular formula is C40H50N4O6. The first kappa shape index (κ1) is 34.1. The molecule has 0 radical (unpaired) electrons. The second kappa shape index (κ2) is 10.6. The molecule has 0 spiro atoms. The van der Waals surface area contributed by atoms with Gasteiger partial charge in [0.05, 0.1) is 45.1 Å². The number of nitrogens with one attached hydrogen (secondary N) is 2. The van der Waals surface area contributed by atoms with Crippen molar-refractivity contribution in [1.82, 2.24) is 10.2 Å². The van der Waals surface area contributed by atoms with E-state index in [0.29, 0.717) is 16.8 Å². The van der Waals surface area contributed by atoms with Gasteiger partial charge in [-0.15, -0.1) is 0 Å². The molecule has 0 bridgehead atoms. The monoisotopic (exact) mass is 682 g/mol. The molecule has 2 amide bonds. The molecule has 0 atom stereocenters. The van der Waals surface area contributed by atoms with Crippen molar-refractivity contribution < 1.29 is 29.4 Å². The largest absolute Gasteiger partial charge is 0.507 e. The summed E-state index contributed by atoms with van der Waals surface area (Å²) in [4.78, 5) is 59.7. The summed E-state index contributed by atoms with van der Waals surface area (Å²) in [5, 5.41) is 30.3. The van der Waals surface area contributed by atoms with Crippen molar-refractivity contribution in [3.8, 4) is 5.75 Å². The first-order valence-corrected chi connectivity index (χ1v) is 17.9. The Morgan fingerprint density at radius 3 is 1.66 bits per heavy atom. The van der Waals surface area contributed by atoms with E-state index in [9.17, 15) is 29.4 Å². The summed E-state index contributed by atoms with van der Waals surface area (Å²) in [5.41, 5.74) is 2.98. The normalized spacial score (nSPS) is 25.6. The first-order chi connectivity index (χ1) is 23.1. The number of aliphatic hydroxyl groups excluding tert-OH is 1. The third-order valence-electron chi connectivity index (χ3n) is 12.3. The lowest BCUT2D eigenvalue weighted by Crippen LogP contribution is -2.50. The molecule has 1 aromatic carbocycles. The second-order valence-corrected chi connectivity index (χ2v) is 17.7. The number of aliphatic hydroxyl groups is 1. The van der Waals surface area contributed by atoms with E-state index in [1.54, 1.807) is 0 Å². The number of carbonyl (C=O) groups is 4. The van der Waals surface area contributed by atoms with E-state index in [1.165, 1.54) is 13.8 Å². The van der Waals surface area contributed by atoms with E-state index in [2.05, 4.69) is 62.0 Å². The van der Waals surface area contributed by atoms with E-state index in [0.717, 1.165) is 74.4 Å². The molecule has 0 saturated carbocycles. The van der Waals surface area contributed by atoms with Crippen LogP contribution in [-0.2, 0) is 30.0 Å². The van der Waals surface area contributed by atoms with Gasteiger partial charge in [-0.05, 0) is 47.3 Å². The molecule has 4 heterocycles. The van der Waals surface area contributed by atoms with Gasteiger partial charge >= 0.3 is 0 Å². The van der Waals surface area contributed by atoms with Gasteiger partial charge in [0, 0.05) is 62.3 Å². The molecule has 50 heavy (non-hydrogen) atoms. The maximum atomic E-state index is 14.8. The van der Waals surface area contributed by atoms with Crippen molar-refractivity contribution in [1.29, 1.82) is 0 Å². The molecule has 7 rings (SSSR count). The Bertz CT molecular complexity index is 1980. The number of carbonyl (C=O) groups excluding carboxylic acids is 4. The Hall–Kier alpha value is -4.34. The molecular weight excluding hydrogens is 632 g/mol. The van der Waals surface area contributed by atoms with Crippen LogP contribution in [0.1, 0.15) is 112 Å². The van der Waals surface area contributed by atoms with Crippen LogP contribution in [0.15, 0.2) is 39.4 Å². The molecule has 6 aliphatic rings. The summed E-state index contributed by atoms with van der Waals surface area (Å²) in [6.45, 7) is 22.4. The number of ketones is 2. The van der Waals surface area contributed by atoms with Crippen LogP contribution in [0.3, 0.4) is 0 Å². The highest BCUT2D eigenvalue weighted by Crippen LogP contribution is 2.61. The summed E-state index contributed by atoms with van der Waals surface area (Å²) >= 11 is 0. The van der Waals surface area contributed by atoms with Crippen LogP contribution in [0.2, 0.25) is 0 Å². The van der Waals surface area contributed by atoms with Crippen molar-refractivity contribution in [2.24, 2.45) is 10.8 Å². The van der Waals surface area contributed by atoms with Gasteiger partial charge in [-0.25, -0.2) is 0 Å². The average molecular weight is 683 g/mol. The van der Waals surface area contributed by atoms with E-state index in [-0.39, 0.29) is 39.6 Å². The number of hydrogen-bond acceptors (Lipinski definition) is 8. The van der Waals surface area contributed by atoms with Crippen LogP contribution < -0.4 is 15.5 Å². The fourth-order valence-corrected chi connectivity index (χ4v) is 9.44. The molecule has 10 nitrogen and oxygen atoms in total. The zero-order chi connectivity index (χ0) is 36.6. The summed E-state index contributed by atoms with van der Waals surface area (Å²) in [5.74, 6) is -2.37. The summed E-state index contributed by atoms with van der Waals surface area (Å²) < 4.78 is 0. The maximum Gasteiger partial charge on any atom is 0.221 e. The van der Waals surface area contributed by atoms with Crippen LogP contribution in [0.4, 0.5) is 11.4 Å². The first-order valence-electron chi connectivity index (χ1n) is 17.9. The van der Waals surface area contributed by atoms with Gasteiger partial charge in [0.25, 0.3) is 0 Å². The predicted octanol–water partition coefficient (Wildman–Crippen LogP) is 6.06. The smallest absolute Gasteiger partial charge is 0.221 e. The number of Topliss-reactive ketones (excluding diaryl/α,β-unsaturated/α-hetero) is 2. The second-order valence-electron chi connectivity index (χ2n) is 17.7. The number of hydrogen-bond donors (Lipinski definition) is 4. The van der Waals surface area contributed by atoms with Crippen LogP contribution in [-0.4, -0.2) is 64.7 Å². The highest BCUT2D eigenvalue weighted by molar-refractivity contribution is 6.43. The number of phenolic OH excluding ortho intramolecular Hbond substituents is 1. The van der Waals surface area contributed by atoms with E-state index in [4.69, 9.17) is 0 Å². The number of aromatic hydroxyl groups is 1. The van der Waals surface area contributed by atoms with E-state index >= 15 is 0 Å². The lowest BCUT2D eigenvalue weighted by molar-refractivity contribution is -0.118. The van der Waals surface area contributed by atoms with Crippen molar-refractivity contribution in [3.63, 3.8) is 0 Å². The molecule has 4 N–H and O–H groups in total. The van der Waals surface area contributed by atoms with Crippen LogP contribution in [0.5, 0.6) is 5.75 Å². The van der Waals surface area contributed by atoms with Crippen molar-refractivity contribution in [2.75, 3.05) is 36.4 Å². The Labute approximate surface area is 294 Å². The quantitative estimate of drug-likeness (QED) is 0.283. The number of rotatable bonds is 3. The minimum Gasteiger partial charge on any atom is -0.507 e. The number of anilines is 2. The average Bonchev–Trinajstić information content (AvgIpc) is 2.98. The fourth-order valence-electron chi connectivity index (χ4n) is 9.44. The van der Waals surface area contributed by atoms with Gasteiger partial charge in [-0.1, -0.05) is 55.4 Å². The predicted molar refractivity (Wildman–Crippen MR) is 193 cm³/mol. The van der Waals surface area contributed by atoms with Crippen LogP contribution >= 0.6 is 0 Å². The van der Waals surface area contributed by atoms with Gasteiger partial charge in [0.2, 0.25) is 17.6 Å². The Balaban J connectivity index is 1.56. The number of phenols is 1. The Morgan fingerprint density at radius 2 is 1.12 bits per heavy atom. The highest BCUT2D eigenvalue weighted by Gasteiger charge is 2.54. The molecule has 0 unspecified atom stereocenters. The third-order valence-corrected chi connectivity index (χ3v) is 12.3. The molecule has 0 aromatic heterocycles. The van der Waals surface area contributed by atoms with E-state index < -0.39 is 44.9 Å². The van der Waals surface area contributed by atoms with Gasteiger partial charge in [-0.2, -0.15) is 0 Å². The van der Waals surface area contributed by atoms with Gasteiger partial charge in [0.1, 0.15) is 11.5 Å². The van der Waals surface area contributed by atoms with E-state index in [1.807, 2.05) is 13.8 Å². The van der Waals surface area contributed by atoms with Crippen molar-refractivity contribution in [3.05, 3.63) is 56.1 Å². The maximum absolute atomic E-state index is 14.8. The SMILES string of the molecule is CC(=O)NC1=C2C3=C(C(=O)/C1=C1\C(=O)C(c4c(O)c5c6c(c4NC(C)=O)C(C)(C)CCN6CCC5(C)C)=C1O)C(C)(C)CCN3CCC2(C)C. The summed E-state index contributed by atoms with van der Waals surface area (Å²) in [7, 11) is 0. The standard InChI is InChI=1S/C40H50N4O6/c1-19(45)41-29-21(35(49)27-31-25(29)37(3,4)11-15-43(31)17-13-39(27,7)8)23-33(47)24(34(23)48)22-30(42-20(2)46)26-32-28(36(22)50)40(9,10)14-18-44(32)16-12-38(26,5)6/h47,49H,11-18H2,1-10H3,(H,41,45)(H,42,46)/b24-22-. The minimum atomic E-state index is -0.620. The molecule has 1 fully saturated rings. The van der Waals surface area contributed by atoms with Crippen LogP contribution in [0.25, 0.3) is 5.57 Å². The summed E-state index contributed by atoms with van der Waals surface area (Å²) in [6, 6.07) is 0. The highest BCUT2D eigenvalue weighted by atomic mass is 16.3. The van der Waals surface area contributed by atoms with Gasteiger partial charge in [-0.3, -0.25) is 19.2 Å².